The van der Waals surface area contributed by atoms with Crippen LogP contribution in [0.15, 0.2) is 48.9 Å². The SMILES string of the molecule is CCC1[C@@H](COc2ccc(F)cn2)CCCN1C(=O)c1cc(Cl)ccc1-n1nccn1. The number of likely N-dealkylation sites (tertiary alicyclic amines) is 1. The third-order valence-electron chi connectivity index (χ3n) is 5.57. The summed E-state index contributed by atoms with van der Waals surface area (Å²) in [5.41, 5.74) is 1.05. The van der Waals surface area contributed by atoms with Gasteiger partial charge >= 0.3 is 0 Å². The van der Waals surface area contributed by atoms with Crippen LogP contribution in [0.25, 0.3) is 5.69 Å². The molecule has 0 N–H and O–H groups in total. The predicted molar refractivity (Wildman–Crippen MR) is 114 cm³/mol. The zero-order chi connectivity index (χ0) is 21.8. The summed E-state index contributed by atoms with van der Waals surface area (Å²) < 4.78 is 18.9. The molecule has 3 heterocycles. The molecule has 1 aliphatic rings. The molecule has 4 rings (SSSR count). The van der Waals surface area contributed by atoms with Crippen LogP contribution in [0.5, 0.6) is 5.88 Å². The lowest BCUT2D eigenvalue weighted by Crippen LogP contribution is -2.50. The number of hydrogen-bond donors (Lipinski definition) is 0. The Morgan fingerprint density at radius 2 is 2.06 bits per heavy atom. The minimum Gasteiger partial charge on any atom is -0.477 e. The minimum absolute atomic E-state index is 0.000824. The van der Waals surface area contributed by atoms with Crippen LogP contribution in [0.4, 0.5) is 4.39 Å². The lowest BCUT2D eigenvalue weighted by atomic mass is 9.87. The maximum atomic E-state index is 13.6. The zero-order valence-electron chi connectivity index (χ0n) is 17.1. The molecule has 2 aromatic heterocycles. The van der Waals surface area contributed by atoms with Crippen LogP contribution in [-0.2, 0) is 0 Å². The van der Waals surface area contributed by atoms with Gasteiger partial charge in [0.05, 0.1) is 36.4 Å². The topological polar surface area (TPSA) is 73.1 Å². The Balaban J connectivity index is 1.55. The number of pyridine rings is 1. The number of ether oxygens (including phenoxy) is 1. The van der Waals surface area contributed by atoms with Crippen LogP contribution in [0.3, 0.4) is 0 Å². The lowest BCUT2D eigenvalue weighted by molar-refractivity contribution is 0.0392. The molecule has 9 heteroatoms. The molecule has 0 spiro atoms. The predicted octanol–water partition coefficient (Wildman–Crippen LogP) is 4.16. The molecule has 1 aromatic carbocycles. The monoisotopic (exact) mass is 443 g/mol. The smallest absolute Gasteiger partial charge is 0.256 e. The highest BCUT2D eigenvalue weighted by Crippen LogP contribution is 2.30. The Bertz CT molecular complexity index is 1030. The number of benzene rings is 1. The normalized spacial score (nSPS) is 18.7. The minimum atomic E-state index is -0.405. The van der Waals surface area contributed by atoms with Gasteiger partial charge in [0.15, 0.2) is 0 Å². The molecular weight excluding hydrogens is 421 g/mol. The first kappa shape index (κ1) is 21.2. The Hall–Kier alpha value is -3.00. The van der Waals surface area contributed by atoms with Crippen LogP contribution in [0.2, 0.25) is 5.02 Å². The van der Waals surface area contributed by atoms with E-state index >= 15 is 0 Å². The fraction of sp³-hybridized carbons (Fsp3) is 0.364. The molecule has 2 atom stereocenters. The Labute approximate surface area is 184 Å². The van der Waals surface area contributed by atoms with E-state index in [0.29, 0.717) is 35.3 Å². The van der Waals surface area contributed by atoms with Crippen molar-refractivity contribution in [2.45, 2.75) is 32.2 Å². The number of nitrogens with zero attached hydrogens (tertiary/aromatic N) is 5. The first-order chi connectivity index (χ1) is 15.1. The van der Waals surface area contributed by atoms with Crippen molar-refractivity contribution in [2.75, 3.05) is 13.2 Å². The van der Waals surface area contributed by atoms with Gasteiger partial charge in [-0.3, -0.25) is 4.79 Å². The van der Waals surface area contributed by atoms with E-state index in [0.717, 1.165) is 25.5 Å². The van der Waals surface area contributed by atoms with Gasteiger partial charge in [0.25, 0.3) is 5.91 Å². The lowest BCUT2D eigenvalue weighted by Gasteiger charge is -2.41. The molecule has 31 heavy (non-hydrogen) atoms. The number of halogens is 2. The molecule has 3 aromatic rings. The fourth-order valence-corrected chi connectivity index (χ4v) is 4.30. The summed E-state index contributed by atoms with van der Waals surface area (Å²) in [6.07, 6.45) is 6.85. The van der Waals surface area contributed by atoms with Crippen molar-refractivity contribution in [2.24, 2.45) is 5.92 Å². The van der Waals surface area contributed by atoms with E-state index in [1.165, 1.54) is 16.9 Å². The molecule has 1 amide bonds. The second-order valence-electron chi connectivity index (χ2n) is 7.48. The van der Waals surface area contributed by atoms with E-state index < -0.39 is 5.82 Å². The Morgan fingerprint density at radius 3 is 2.77 bits per heavy atom. The average molecular weight is 444 g/mol. The summed E-state index contributed by atoms with van der Waals surface area (Å²) in [6, 6.07) is 7.97. The molecule has 0 bridgehead atoms. The molecule has 0 radical (unpaired) electrons. The molecule has 7 nitrogen and oxygen atoms in total. The van der Waals surface area contributed by atoms with Crippen molar-refractivity contribution in [3.8, 4) is 11.6 Å². The molecular formula is C22H23ClFN5O2. The van der Waals surface area contributed by atoms with Crippen molar-refractivity contribution in [1.82, 2.24) is 24.9 Å². The summed E-state index contributed by atoms with van der Waals surface area (Å²) in [4.78, 5) is 20.9. The second-order valence-corrected chi connectivity index (χ2v) is 7.92. The number of piperidine rings is 1. The molecule has 0 saturated carbocycles. The van der Waals surface area contributed by atoms with E-state index in [9.17, 15) is 9.18 Å². The number of aromatic nitrogens is 4. The largest absolute Gasteiger partial charge is 0.477 e. The first-order valence-corrected chi connectivity index (χ1v) is 10.7. The third kappa shape index (κ3) is 4.69. The summed E-state index contributed by atoms with van der Waals surface area (Å²) in [6.45, 7) is 3.12. The van der Waals surface area contributed by atoms with Gasteiger partial charge < -0.3 is 9.64 Å². The average Bonchev–Trinajstić information content (AvgIpc) is 3.32. The van der Waals surface area contributed by atoms with Gasteiger partial charge in [-0.25, -0.2) is 9.37 Å². The van der Waals surface area contributed by atoms with Gasteiger partial charge in [0.1, 0.15) is 5.82 Å². The summed E-state index contributed by atoms with van der Waals surface area (Å²) in [7, 11) is 0. The second kappa shape index (κ2) is 9.43. The van der Waals surface area contributed by atoms with Gasteiger partial charge in [0.2, 0.25) is 5.88 Å². The molecule has 1 fully saturated rings. The molecule has 0 aliphatic carbocycles. The van der Waals surface area contributed by atoms with Crippen molar-refractivity contribution in [1.29, 1.82) is 0 Å². The van der Waals surface area contributed by atoms with Gasteiger partial charge in [0, 0.05) is 29.6 Å². The van der Waals surface area contributed by atoms with E-state index in [1.807, 2.05) is 4.90 Å². The van der Waals surface area contributed by atoms with Gasteiger partial charge in [-0.1, -0.05) is 18.5 Å². The molecule has 1 aliphatic heterocycles. The van der Waals surface area contributed by atoms with Crippen molar-refractivity contribution < 1.29 is 13.9 Å². The number of rotatable bonds is 6. The van der Waals surface area contributed by atoms with Gasteiger partial charge in [-0.15, -0.1) is 0 Å². The van der Waals surface area contributed by atoms with Gasteiger partial charge in [-0.2, -0.15) is 15.0 Å². The summed E-state index contributed by atoms with van der Waals surface area (Å²) in [5.74, 6) is 0.00470. The van der Waals surface area contributed by atoms with E-state index in [4.69, 9.17) is 16.3 Å². The summed E-state index contributed by atoms with van der Waals surface area (Å²) in [5, 5.41) is 8.81. The zero-order valence-corrected chi connectivity index (χ0v) is 17.9. The summed E-state index contributed by atoms with van der Waals surface area (Å²) >= 11 is 6.21. The highest BCUT2D eigenvalue weighted by molar-refractivity contribution is 6.31. The maximum absolute atomic E-state index is 13.6. The number of hydrogen-bond acceptors (Lipinski definition) is 5. The van der Waals surface area contributed by atoms with E-state index in [2.05, 4.69) is 22.1 Å². The number of carbonyl (C=O) groups is 1. The van der Waals surface area contributed by atoms with Crippen molar-refractivity contribution >= 4 is 17.5 Å². The van der Waals surface area contributed by atoms with Crippen LogP contribution in [0.1, 0.15) is 36.5 Å². The standard InChI is InChI=1S/C22H23ClFN5O2/c1-2-19-15(14-31-21-8-6-17(24)13-25-21)4-3-11-28(19)22(30)18-12-16(23)5-7-20(18)29-26-9-10-27-29/h5-10,12-13,15,19H,2-4,11,14H2,1H3/t15-,19?/m1/s1. The molecule has 1 saturated heterocycles. The van der Waals surface area contributed by atoms with E-state index in [1.54, 1.807) is 30.6 Å². The molecule has 162 valence electrons. The Morgan fingerprint density at radius 1 is 1.26 bits per heavy atom. The van der Waals surface area contributed by atoms with Gasteiger partial charge in [-0.05, 0) is 43.5 Å². The molecule has 1 unspecified atom stereocenters. The van der Waals surface area contributed by atoms with Crippen LogP contribution in [0, 0.1) is 11.7 Å². The maximum Gasteiger partial charge on any atom is 0.256 e. The van der Waals surface area contributed by atoms with Crippen molar-refractivity contribution in [3.63, 3.8) is 0 Å². The van der Waals surface area contributed by atoms with Crippen LogP contribution >= 0.6 is 11.6 Å². The number of amides is 1. The highest BCUT2D eigenvalue weighted by Gasteiger charge is 2.35. The number of carbonyl (C=O) groups excluding carboxylic acids is 1. The highest BCUT2D eigenvalue weighted by atomic mass is 35.5. The Kier molecular flexibility index (Phi) is 6.46. The quantitative estimate of drug-likeness (QED) is 0.571. The van der Waals surface area contributed by atoms with Crippen molar-refractivity contribution in [3.05, 3.63) is 65.3 Å². The fourth-order valence-electron chi connectivity index (χ4n) is 4.13. The first-order valence-electron chi connectivity index (χ1n) is 10.3. The third-order valence-corrected chi connectivity index (χ3v) is 5.80. The van der Waals surface area contributed by atoms with Crippen LogP contribution < -0.4 is 4.74 Å². The van der Waals surface area contributed by atoms with Crippen LogP contribution in [-0.4, -0.2) is 50.0 Å². The van der Waals surface area contributed by atoms with E-state index in [-0.39, 0.29) is 17.9 Å².